The van der Waals surface area contributed by atoms with Crippen molar-refractivity contribution in [1.82, 2.24) is 0 Å². The summed E-state index contributed by atoms with van der Waals surface area (Å²) in [5.41, 5.74) is 2.19. The number of aryl methyl sites for hydroxylation is 1. The van der Waals surface area contributed by atoms with E-state index < -0.39 is 5.97 Å². The molecule has 0 bridgehead atoms. The lowest BCUT2D eigenvalue weighted by Gasteiger charge is -2.10. The van der Waals surface area contributed by atoms with E-state index in [0.717, 1.165) is 5.56 Å². The number of amides is 1. The molecule has 5 nitrogen and oxygen atoms in total. The van der Waals surface area contributed by atoms with Crippen LogP contribution in [0.5, 0.6) is 11.5 Å². The number of anilines is 1. The molecule has 136 valence electrons. The summed E-state index contributed by atoms with van der Waals surface area (Å²) < 4.78 is 10.5. The molecule has 0 fully saturated rings. The first-order valence-electron chi connectivity index (χ1n) is 8.40. The van der Waals surface area contributed by atoms with Crippen LogP contribution in [0.2, 0.25) is 0 Å². The number of esters is 1. The van der Waals surface area contributed by atoms with Crippen molar-refractivity contribution in [1.29, 1.82) is 0 Å². The maximum atomic E-state index is 12.5. The molecule has 0 saturated heterocycles. The molecule has 0 radical (unpaired) electrons. The Hall–Kier alpha value is -3.60. The predicted octanol–water partition coefficient (Wildman–Crippen LogP) is 4.48. The van der Waals surface area contributed by atoms with Crippen LogP contribution in [0.4, 0.5) is 5.69 Å². The summed E-state index contributed by atoms with van der Waals surface area (Å²) in [5, 5.41) is 2.81. The number of ether oxygens (including phenoxy) is 2. The lowest BCUT2D eigenvalue weighted by molar-refractivity contribution is 0.0734. The van der Waals surface area contributed by atoms with Crippen molar-refractivity contribution >= 4 is 17.6 Å². The van der Waals surface area contributed by atoms with Crippen LogP contribution in [-0.4, -0.2) is 19.0 Å². The van der Waals surface area contributed by atoms with Gasteiger partial charge in [0, 0.05) is 11.3 Å². The molecular weight excluding hydrogens is 342 g/mol. The molecule has 3 aromatic carbocycles. The van der Waals surface area contributed by atoms with Gasteiger partial charge in [-0.1, -0.05) is 24.3 Å². The maximum absolute atomic E-state index is 12.5. The lowest BCUT2D eigenvalue weighted by Crippen LogP contribution is -2.14. The van der Waals surface area contributed by atoms with E-state index in [9.17, 15) is 9.59 Å². The molecule has 0 aromatic heterocycles. The van der Waals surface area contributed by atoms with E-state index >= 15 is 0 Å². The predicted molar refractivity (Wildman–Crippen MR) is 104 cm³/mol. The molecule has 1 N–H and O–H groups in total. The number of benzene rings is 3. The number of methoxy groups -OCH3 is 1. The van der Waals surface area contributed by atoms with Gasteiger partial charge in [-0.25, -0.2) is 4.79 Å². The summed E-state index contributed by atoms with van der Waals surface area (Å²) in [7, 11) is 1.58. The number of rotatable bonds is 5. The molecule has 0 aliphatic carbocycles. The third kappa shape index (κ3) is 4.52. The van der Waals surface area contributed by atoms with E-state index in [0.29, 0.717) is 28.3 Å². The molecular formula is C22H19NO4. The third-order valence-electron chi connectivity index (χ3n) is 3.99. The first-order chi connectivity index (χ1) is 13.1. The summed E-state index contributed by atoms with van der Waals surface area (Å²) in [6.07, 6.45) is 0. The summed E-state index contributed by atoms with van der Waals surface area (Å²) in [5.74, 6) is 0.405. The van der Waals surface area contributed by atoms with Crippen molar-refractivity contribution in [3.05, 3.63) is 89.5 Å². The van der Waals surface area contributed by atoms with Gasteiger partial charge in [0.05, 0.1) is 12.7 Å². The van der Waals surface area contributed by atoms with Gasteiger partial charge in [0.1, 0.15) is 11.5 Å². The van der Waals surface area contributed by atoms with Crippen molar-refractivity contribution < 1.29 is 19.1 Å². The molecule has 5 heteroatoms. The fourth-order valence-electron chi connectivity index (χ4n) is 2.59. The van der Waals surface area contributed by atoms with Crippen LogP contribution in [-0.2, 0) is 0 Å². The topological polar surface area (TPSA) is 64.6 Å². The fourth-order valence-corrected chi connectivity index (χ4v) is 2.59. The molecule has 3 aromatic rings. The Morgan fingerprint density at radius 2 is 1.63 bits per heavy atom. The monoisotopic (exact) mass is 361 g/mol. The van der Waals surface area contributed by atoms with Crippen LogP contribution >= 0.6 is 0 Å². The van der Waals surface area contributed by atoms with Gasteiger partial charge in [-0.3, -0.25) is 4.79 Å². The second-order valence-corrected chi connectivity index (χ2v) is 5.92. The van der Waals surface area contributed by atoms with Gasteiger partial charge in [0.2, 0.25) is 0 Å². The van der Waals surface area contributed by atoms with E-state index in [-0.39, 0.29) is 5.91 Å². The van der Waals surface area contributed by atoms with Crippen molar-refractivity contribution in [3.63, 3.8) is 0 Å². The highest BCUT2D eigenvalue weighted by molar-refractivity contribution is 6.06. The summed E-state index contributed by atoms with van der Waals surface area (Å²) in [6.45, 7) is 1.84. The van der Waals surface area contributed by atoms with E-state index in [1.165, 1.54) is 0 Å². The molecule has 3 rings (SSSR count). The summed E-state index contributed by atoms with van der Waals surface area (Å²) in [4.78, 5) is 24.8. The molecule has 0 heterocycles. The minimum atomic E-state index is -0.488. The van der Waals surface area contributed by atoms with Gasteiger partial charge in [-0.05, 0) is 61.0 Å². The molecule has 0 aliphatic heterocycles. The minimum absolute atomic E-state index is 0.260. The molecule has 1 amide bonds. The SMILES string of the molecule is COc1ccc(C(=O)Nc2cccc(C(=O)Oc3ccccc3)c2)c(C)c1. The van der Waals surface area contributed by atoms with Crippen LogP contribution in [0, 0.1) is 6.92 Å². The Kier molecular flexibility index (Phi) is 5.52. The second-order valence-electron chi connectivity index (χ2n) is 5.92. The normalized spacial score (nSPS) is 10.1. The van der Waals surface area contributed by atoms with Crippen molar-refractivity contribution in [2.45, 2.75) is 6.92 Å². The minimum Gasteiger partial charge on any atom is -0.497 e. The van der Waals surface area contributed by atoms with Crippen LogP contribution in [0.25, 0.3) is 0 Å². The first-order valence-corrected chi connectivity index (χ1v) is 8.40. The molecule has 27 heavy (non-hydrogen) atoms. The number of nitrogens with one attached hydrogen (secondary N) is 1. The second kappa shape index (κ2) is 8.19. The average Bonchev–Trinajstić information content (AvgIpc) is 2.68. The van der Waals surface area contributed by atoms with Crippen LogP contribution in [0.15, 0.2) is 72.8 Å². The first kappa shape index (κ1) is 18.2. The largest absolute Gasteiger partial charge is 0.497 e. The van der Waals surface area contributed by atoms with Crippen LogP contribution in [0.1, 0.15) is 26.3 Å². The number of carbonyl (C=O) groups excluding carboxylic acids is 2. The van der Waals surface area contributed by atoms with Crippen molar-refractivity contribution in [2.75, 3.05) is 12.4 Å². The third-order valence-corrected chi connectivity index (χ3v) is 3.99. The highest BCUT2D eigenvalue weighted by Crippen LogP contribution is 2.19. The zero-order chi connectivity index (χ0) is 19.2. The van der Waals surface area contributed by atoms with Gasteiger partial charge in [-0.2, -0.15) is 0 Å². The average molecular weight is 361 g/mol. The summed E-state index contributed by atoms with van der Waals surface area (Å²) >= 11 is 0. The van der Waals surface area contributed by atoms with Crippen molar-refractivity contribution in [3.8, 4) is 11.5 Å². The van der Waals surface area contributed by atoms with Gasteiger partial charge in [0.25, 0.3) is 5.91 Å². The Balaban J connectivity index is 1.74. The fraction of sp³-hybridized carbons (Fsp3) is 0.0909. The van der Waals surface area contributed by atoms with Crippen molar-refractivity contribution in [2.24, 2.45) is 0 Å². The number of hydrogen-bond acceptors (Lipinski definition) is 4. The quantitative estimate of drug-likeness (QED) is 0.538. The van der Waals surface area contributed by atoms with Gasteiger partial charge in [0.15, 0.2) is 0 Å². The molecule has 0 saturated carbocycles. The van der Waals surface area contributed by atoms with Gasteiger partial charge >= 0.3 is 5.97 Å². The molecule has 0 aliphatic rings. The lowest BCUT2D eigenvalue weighted by atomic mass is 10.1. The Bertz CT molecular complexity index is 967. The number of para-hydroxylation sites is 1. The zero-order valence-electron chi connectivity index (χ0n) is 15.1. The van der Waals surface area contributed by atoms with E-state index in [1.54, 1.807) is 73.8 Å². The molecule has 0 atom stereocenters. The summed E-state index contributed by atoms with van der Waals surface area (Å²) in [6, 6.07) is 20.7. The molecule has 0 spiro atoms. The van der Waals surface area contributed by atoms with E-state index in [4.69, 9.17) is 9.47 Å². The van der Waals surface area contributed by atoms with Crippen LogP contribution < -0.4 is 14.8 Å². The number of carbonyl (C=O) groups is 2. The van der Waals surface area contributed by atoms with Crippen LogP contribution in [0.3, 0.4) is 0 Å². The highest BCUT2D eigenvalue weighted by Gasteiger charge is 2.13. The van der Waals surface area contributed by atoms with E-state index in [1.807, 2.05) is 13.0 Å². The Labute approximate surface area is 157 Å². The Morgan fingerprint density at radius 1 is 0.852 bits per heavy atom. The maximum Gasteiger partial charge on any atom is 0.343 e. The molecule has 0 unspecified atom stereocenters. The smallest absolute Gasteiger partial charge is 0.343 e. The highest BCUT2D eigenvalue weighted by atomic mass is 16.5. The van der Waals surface area contributed by atoms with Gasteiger partial charge in [-0.15, -0.1) is 0 Å². The van der Waals surface area contributed by atoms with Gasteiger partial charge < -0.3 is 14.8 Å². The zero-order valence-corrected chi connectivity index (χ0v) is 15.1. The van der Waals surface area contributed by atoms with E-state index in [2.05, 4.69) is 5.32 Å². The number of hydrogen-bond donors (Lipinski definition) is 1. The Morgan fingerprint density at radius 3 is 2.33 bits per heavy atom. The standard InChI is InChI=1S/C22H19NO4/c1-15-13-19(26-2)11-12-20(15)21(24)23-17-8-6-7-16(14-17)22(25)27-18-9-4-3-5-10-18/h3-14H,1-2H3,(H,23,24).